The van der Waals surface area contributed by atoms with Crippen LogP contribution in [0.2, 0.25) is 0 Å². The number of rotatable bonds is 5. The van der Waals surface area contributed by atoms with Gasteiger partial charge in [0.05, 0.1) is 5.56 Å². The van der Waals surface area contributed by atoms with Crippen LogP contribution in [0.4, 0.5) is 30.4 Å². The van der Waals surface area contributed by atoms with Gasteiger partial charge >= 0.3 is 0 Å². The molecule has 4 rings (SSSR count). The molecular formula is C20H13F3N6O. The van der Waals surface area contributed by atoms with Crippen LogP contribution < -0.4 is 10.6 Å². The Balaban J connectivity index is 1.42. The standard InChI is InChI=1S/C20H13F3N6O/c21-15-7-6-14(18(22)19(15)23)20(30)26-13-4-2-12(3-5-13)25-16-8-9-17(28-27-16)29-11-1-10-24-29/h1-11H,(H,25,27)(H,26,30). The molecule has 0 aliphatic heterocycles. The molecule has 150 valence electrons. The Bertz CT molecular complexity index is 1180. The van der Waals surface area contributed by atoms with Crippen molar-refractivity contribution >= 4 is 23.1 Å². The third-order valence-electron chi connectivity index (χ3n) is 4.08. The van der Waals surface area contributed by atoms with Crippen LogP contribution in [0, 0.1) is 17.5 Å². The molecule has 4 aromatic rings. The third kappa shape index (κ3) is 3.97. The van der Waals surface area contributed by atoms with Crippen molar-refractivity contribution in [3.05, 3.63) is 90.0 Å². The van der Waals surface area contributed by atoms with Crippen LogP contribution in [0.15, 0.2) is 67.0 Å². The lowest BCUT2D eigenvalue weighted by atomic mass is 10.1. The highest BCUT2D eigenvalue weighted by Gasteiger charge is 2.18. The Labute approximate surface area is 168 Å². The Morgan fingerprint density at radius 1 is 0.867 bits per heavy atom. The molecule has 0 aliphatic carbocycles. The van der Waals surface area contributed by atoms with Gasteiger partial charge in [-0.2, -0.15) is 5.10 Å². The van der Waals surface area contributed by atoms with Gasteiger partial charge in [0, 0.05) is 23.8 Å². The van der Waals surface area contributed by atoms with Gasteiger partial charge in [-0.3, -0.25) is 4.79 Å². The minimum atomic E-state index is -1.69. The molecule has 0 spiro atoms. The zero-order valence-corrected chi connectivity index (χ0v) is 15.2. The van der Waals surface area contributed by atoms with Crippen molar-refractivity contribution in [1.82, 2.24) is 20.0 Å². The highest BCUT2D eigenvalue weighted by molar-refractivity contribution is 6.04. The van der Waals surface area contributed by atoms with Gasteiger partial charge in [0.15, 0.2) is 29.1 Å². The summed E-state index contributed by atoms with van der Waals surface area (Å²) in [6.07, 6.45) is 3.38. The van der Waals surface area contributed by atoms with Gasteiger partial charge in [-0.05, 0) is 54.6 Å². The number of aromatic nitrogens is 4. The second kappa shape index (κ2) is 8.03. The first-order valence-corrected chi connectivity index (χ1v) is 8.67. The lowest BCUT2D eigenvalue weighted by molar-refractivity contribution is 0.102. The molecule has 30 heavy (non-hydrogen) atoms. The average molecular weight is 410 g/mol. The Hall–Kier alpha value is -4.21. The number of anilines is 3. The predicted molar refractivity (Wildman–Crippen MR) is 103 cm³/mol. The molecule has 0 saturated carbocycles. The van der Waals surface area contributed by atoms with E-state index in [-0.39, 0.29) is 0 Å². The van der Waals surface area contributed by atoms with Gasteiger partial charge in [0.1, 0.15) is 0 Å². The summed E-state index contributed by atoms with van der Waals surface area (Å²) in [6.45, 7) is 0. The van der Waals surface area contributed by atoms with Gasteiger partial charge in [0.2, 0.25) is 0 Å². The van der Waals surface area contributed by atoms with E-state index in [0.717, 1.165) is 6.07 Å². The minimum absolute atomic E-state index is 0.342. The van der Waals surface area contributed by atoms with Crippen molar-refractivity contribution in [2.24, 2.45) is 0 Å². The van der Waals surface area contributed by atoms with E-state index in [1.807, 2.05) is 0 Å². The summed E-state index contributed by atoms with van der Waals surface area (Å²) < 4.78 is 41.6. The summed E-state index contributed by atoms with van der Waals surface area (Å²) in [5.41, 5.74) is 0.409. The molecule has 2 aromatic carbocycles. The molecule has 0 atom stereocenters. The number of amides is 1. The van der Waals surface area contributed by atoms with Crippen molar-refractivity contribution in [3.8, 4) is 5.82 Å². The van der Waals surface area contributed by atoms with Crippen molar-refractivity contribution in [2.75, 3.05) is 10.6 Å². The van der Waals surface area contributed by atoms with Crippen molar-refractivity contribution < 1.29 is 18.0 Å². The number of halogens is 3. The van der Waals surface area contributed by atoms with Crippen LogP contribution in [-0.2, 0) is 0 Å². The first kappa shape index (κ1) is 19.1. The number of carbonyl (C=O) groups is 1. The van der Waals surface area contributed by atoms with E-state index >= 15 is 0 Å². The van der Waals surface area contributed by atoms with Crippen LogP contribution in [0.3, 0.4) is 0 Å². The van der Waals surface area contributed by atoms with Crippen LogP contribution in [0.1, 0.15) is 10.4 Å². The maximum Gasteiger partial charge on any atom is 0.258 e. The summed E-state index contributed by atoms with van der Waals surface area (Å²) in [6, 6.07) is 13.2. The van der Waals surface area contributed by atoms with E-state index in [1.54, 1.807) is 59.5 Å². The topological polar surface area (TPSA) is 84.7 Å². The monoisotopic (exact) mass is 410 g/mol. The molecule has 2 heterocycles. The largest absolute Gasteiger partial charge is 0.339 e. The summed E-state index contributed by atoms with van der Waals surface area (Å²) >= 11 is 0. The van der Waals surface area contributed by atoms with E-state index < -0.39 is 28.9 Å². The van der Waals surface area contributed by atoms with Gasteiger partial charge < -0.3 is 10.6 Å². The summed E-state index contributed by atoms with van der Waals surface area (Å²) in [7, 11) is 0. The molecule has 2 aromatic heterocycles. The van der Waals surface area contributed by atoms with E-state index in [2.05, 4.69) is 25.9 Å². The molecule has 2 N–H and O–H groups in total. The highest BCUT2D eigenvalue weighted by Crippen LogP contribution is 2.20. The van der Waals surface area contributed by atoms with Crippen LogP contribution in [-0.4, -0.2) is 25.9 Å². The van der Waals surface area contributed by atoms with Gasteiger partial charge in [-0.15, -0.1) is 10.2 Å². The Morgan fingerprint density at radius 2 is 1.63 bits per heavy atom. The second-order valence-electron chi connectivity index (χ2n) is 6.11. The third-order valence-corrected chi connectivity index (χ3v) is 4.08. The SMILES string of the molecule is O=C(Nc1ccc(Nc2ccc(-n3cccn3)nn2)cc1)c1ccc(F)c(F)c1F. The fourth-order valence-electron chi connectivity index (χ4n) is 2.60. The van der Waals surface area contributed by atoms with E-state index in [9.17, 15) is 18.0 Å². The lowest BCUT2D eigenvalue weighted by Crippen LogP contribution is -2.15. The number of hydrogen-bond acceptors (Lipinski definition) is 5. The highest BCUT2D eigenvalue weighted by atomic mass is 19.2. The molecule has 0 unspecified atom stereocenters. The fraction of sp³-hybridized carbons (Fsp3) is 0. The zero-order chi connectivity index (χ0) is 21.1. The number of hydrogen-bond donors (Lipinski definition) is 2. The molecular weight excluding hydrogens is 397 g/mol. The molecule has 7 nitrogen and oxygen atoms in total. The fourth-order valence-corrected chi connectivity index (χ4v) is 2.60. The van der Waals surface area contributed by atoms with Crippen molar-refractivity contribution in [1.29, 1.82) is 0 Å². The van der Waals surface area contributed by atoms with Gasteiger partial charge in [-0.25, -0.2) is 17.9 Å². The number of nitrogens with one attached hydrogen (secondary N) is 2. The first-order valence-electron chi connectivity index (χ1n) is 8.67. The van der Waals surface area contributed by atoms with Crippen LogP contribution in [0.25, 0.3) is 5.82 Å². The maximum absolute atomic E-state index is 13.7. The molecule has 10 heteroatoms. The molecule has 0 saturated heterocycles. The zero-order valence-electron chi connectivity index (χ0n) is 15.2. The first-order chi connectivity index (χ1) is 14.5. The van der Waals surface area contributed by atoms with Crippen LogP contribution in [0.5, 0.6) is 0 Å². The van der Waals surface area contributed by atoms with E-state index in [0.29, 0.717) is 29.1 Å². The summed E-state index contributed by atoms with van der Waals surface area (Å²) in [4.78, 5) is 12.1. The normalized spacial score (nSPS) is 10.6. The lowest BCUT2D eigenvalue weighted by Gasteiger charge is -2.09. The molecule has 0 fully saturated rings. The smallest absolute Gasteiger partial charge is 0.258 e. The summed E-state index contributed by atoms with van der Waals surface area (Å²) in [5.74, 6) is -4.43. The van der Waals surface area contributed by atoms with Gasteiger partial charge in [0.25, 0.3) is 5.91 Å². The minimum Gasteiger partial charge on any atom is -0.339 e. The summed E-state index contributed by atoms with van der Waals surface area (Å²) in [5, 5.41) is 17.7. The predicted octanol–water partition coefficient (Wildman–Crippen LogP) is 4.08. The van der Waals surface area contributed by atoms with Crippen molar-refractivity contribution in [2.45, 2.75) is 0 Å². The van der Waals surface area contributed by atoms with Crippen LogP contribution >= 0.6 is 0 Å². The van der Waals surface area contributed by atoms with Crippen molar-refractivity contribution in [3.63, 3.8) is 0 Å². The number of benzene rings is 2. The molecule has 0 radical (unpaired) electrons. The number of nitrogens with zero attached hydrogens (tertiary/aromatic N) is 4. The Morgan fingerprint density at radius 3 is 2.30 bits per heavy atom. The van der Waals surface area contributed by atoms with Gasteiger partial charge in [-0.1, -0.05) is 0 Å². The number of carbonyl (C=O) groups excluding carboxylic acids is 1. The average Bonchev–Trinajstić information content (AvgIpc) is 3.29. The van der Waals surface area contributed by atoms with E-state index in [1.165, 1.54) is 0 Å². The maximum atomic E-state index is 13.7. The molecule has 1 amide bonds. The second-order valence-corrected chi connectivity index (χ2v) is 6.11. The molecule has 0 bridgehead atoms. The van der Waals surface area contributed by atoms with E-state index in [4.69, 9.17) is 0 Å². The quantitative estimate of drug-likeness (QED) is 0.485. The Kier molecular flexibility index (Phi) is 5.12. The molecule has 0 aliphatic rings.